The van der Waals surface area contributed by atoms with E-state index in [-0.39, 0.29) is 5.92 Å². The number of piperidine rings is 2. The maximum atomic E-state index is 12.5. The number of carbonyl (C=O) groups is 1. The van der Waals surface area contributed by atoms with Gasteiger partial charge in [-0.15, -0.1) is 0 Å². The van der Waals surface area contributed by atoms with E-state index in [1.54, 1.807) is 0 Å². The number of hydrogen-bond donors (Lipinski definition) is 1. The lowest BCUT2D eigenvalue weighted by Gasteiger charge is -2.41. The zero-order valence-corrected chi connectivity index (χ0v) is 13.5. The van der Waals surface area contributed by atoms with Gasteiger partial charge in [-0.25, -0.2) is 0 Å². The molecule has 0 spiro atoms. The summed E-state index contributed by atoms with van der Waals surface area (Å²) in [6.45, 7) is 4.61. The van der Waals surface area contributed by atoms with Gasteiger partial charge < -0.3 is 10.2 Å². The van der Waals surface area contributed by atoms with Gasteiger partial charge >= 0.3 is 0 Å². The fraction of sp³-hybridized carbons (Fsp3) is 0.941. The molecule has 0 radical (unpaired) electrons. The minimum Gasteiger partial charge on any atom is -0.353 e. The van der Waals surface area contributed by atoms with Gasteiger partial charge in [-0.05, 0) is 65.2 Å². The first-order chi connectivity index (χ1) is 10.2. The summed E-state index contributed by atoms with van der Waals surface area (Å²) in [6.07, 6.45) is 9.78. The molecule has 0 unspecified atom stereocenters. The van der Waals surface area contributed by atoms with Crippen LogP contribution in [0.15, 0.2) is 0 Å². The molecular weight excluding hydrogens is 262 g/mol. The summed E-state index contributed by atoms with van der Waals surface area (Å²) < 4.78 is 0. The normalized spacial score (nSPS) is 30.6. The molecule has 1 N–H and O–H groups in total. The first-order valence-electron chi connectivity index (χ1n) is 8.95. The van der Waals surface area contributed by atoms with E-state index in [4.69, 9.17) is 0 Å². The molecule has 2 aliphatic heterocycles. The molecule has 0 bridgehead atoms. The Balaban J connectivity index is 1.49. The van der Waals surface area contributed by atoms with Crippen molar-refractivity contribution in [3.63, 3.8) is 0 Å². The Morgan fingerprint density at radius 2 is 1.67 bits per heavy atom. The number of likely N-dealkylation sites (tertiary alicyclic amines) is 2. The molecule has 4 nitrogen and oxygen atoms in total. The SMILES string of the molecule is CN1CCC(N2CCC[C@@H](C(=O)NC3CCCC3)C2)CC1. The van der Waals surface area contributed by atoms with E-state index >= 15 is 0 Å². The van der Waals surface area contributed by atoms with Gasteiger partial charge in [-0.1, -0.05) is 12.8 Å². The van der Waals surface area contributed by atoms with E-state index < -0.39 is 0 Å². The van der Waals surface area contributed by atoms with Gasteiger partial charge in [0, 0.05) is 18.6 Å². The molecule has 4 heteroatoms. The van der Waals surface area contributed by atoms with Crippen LogP contribution in [0.4, 0.5) is 0 Å². The minimum absolute atomic E-state index is 0.235. The van der Waals surface area contributed by atoms with Crippen LogP contribution in [0.25, 0.3) is 0 Å². The maximum Gasteiger partial charge on any atom is 0.224 e. The molecule has 120 valence electrons. The van der Waals surface area contributed by atoms with Crippen LogP contribution in [-0.2, 0) is 4.79 Å². The van der Waals surface area contributed by atoms with Crippen molar-refractivity contribution in [2.75, 3.05) is 33.2 Å². The summed E-state index contributed by atoms with van der Waals surface area (Å²) in [6, 6.07) is 1.18. The minimum atomic E-state index is 0.235. The van der Waals surface area contributed by atoms with E-state index in [9.17, 15) is 4.79 Å². The Kier molecular flexibility index (Phi) is 5.17. The number of hydrogen-bond acceptors (Lipinski definition) is 3. The number of rotatable bonds is 3. The fourth-order valence-corrected chi connectivity index (χ4v) is 4.30. The first kappa shape index (κ1) is 15.3. The van der Waals surface area contributed by atoms with Crippen LogP contribution in [0.5, 0.6) is 0 Å². The zero-order valence-electron chi connectivity index (χ0n) is 13.5. The van der Waals surface area contributed by atoms with Gasteiger partial charge in [0.25, 0.3) is 0 Å². The van der Waals surface area contributed by atoms with Gasteiger partial charge in [0.15, 0.2) is 0 Å². The second-order valence-corrected chi connectivity index (χ2v) is 7.36. The Morgan fingerprint density at radius 3 is 2.38 bits per heavy atom. The van der Waals surface area contributed by atoms with Crippen LogP contribution in [0, 0.1) is 5.92 Å². The highest BCUT2D eigenvalue weighted by Gasteiger charge is 2.32. The van der Waals surface area contributed by atoms with Crippen molar-refractivity contribution >= 4 is 5.91 Å². The third-order valence-corrected chi connectivity index (χ3v) is 5.73. The predicted molar refractivity (Wildman–Crippen MR) is 85.2 cm³/mol. The molecule has 2 saturated heterocycles. The topological polar surface area (TPSA) is 35.6 Å². The number of amides is 1. The van der Waals surface area contributed by atoms with Crippen molar-refractivity contribution in [3.8, 4) is 0 Å². The van der Waals surface area contributed by atoms with E-state index in [0.717, 1.165) is 13.0 Å². The maximum absolute atomic E-state index is 12.5. The lowest BCUT2D eigenvalue weighted by molar-refractivity contribution is -0.127. The molecule has 0 aromatic carbocycles. The third-order valence-electron chi connectivity index (χ3n) is 5.73. The highest BCUT2D eigenvalue weighted by molar-refractivity contribution is 5.79. The average molecular weight is 293 g/mol. The van der Waals surface area contributed by atoms with Crippen molar-refractivity contribution < 1.29 is 4.79 Å². The van der Waals surface area contributed by atoms with E-state index in [1.807, 2.05) is 0 Å². The van der Waals surface area contributed by atoms with Gasteiger partial charge in [0.2, 0.25) is 5.91 Å². The van der Waals surface area contributed by atoms with Crippen LogP contribution in [-0.4, -0.2) is 61.0 Å². The lowest BCUT2D eigenvalue weighted by atomic mass is 9.93. The predicted octanol–water partition coefficient (Wildman–Crippen LogP) is 1.85. The van der Waals surface area contributed by atoms with Crippen LogP contribution in [0.3, 0.4) is 0 Å². The number of nitrogens with zero attached hydrogens (tertiary/aromatic N) is 2. The quantitative estimate of drug-likeness (QED) is 0.862. The van der Waals surface area contributed by atoms with Gasteiger partial charge in [0.1, 0.15) is 0 Å². The molecule has 3 fully saturated rings. The molecule has 21 heavy (non-hydrogen) atoms. The summed E-state index contributed by atoms with van der Waals surface area (Å²) in [5.41, 5.74) is 0. The Hall–Kier alpha value is -0.610. The first-order valence-corrected chi connectivity index (χ1v) is 8.95. The third kappa shape index (κ3) is 3.98. The van der Waals surface area contributed by atoms with E-state index in [0.29, 0.717) is 18.0 Å². The summed E-state index contributed by atoms with van der Waals surface area (Å²) >= 11 is 0. The molecule has 1 aliphatic carbocycles. The average Bonchev–Trinajstić information content (AvgIpc) is 3.01. The van der Waals surface area contributed by atoms with Crippen molar-refractivity contribution in [2.45, 2.75) is 63.5 Å². The highest BCUT2D eigenvalue weighted by Crippen LogP contribution is 2.25. The fourth-order valence-electron chi connectivity index (χ4n) is 4.30. The van der Waals surface area contributed by atoms with Gasteiger partial charge in [-0.2, -0.15) is 0 Å². The molecule has 3 rings (SSSR count). The molecular formula is C17H31N3O. The van der Waals surface area contributed by atoms with Gasteiger partial charge in [-0.3, -0.25) is 9.69 Å². The molecule has 3 aliphatic rings. The second kappa shape index (κ2) is 7.10. The smallest absolute Gasteiger partial charge is 0.224 e. The Bertz CT molecular complexity index is 346. The zero-order chi connectivity index (χ0) is 14.7. The van der Waals surface area contributed by atoms with Crippen molar-refractivity contribution in [1.29, 1.82) is 0 Å². The molecule has 1 saturated carbocycles. The lowest BCUT2D eigenvalue weighted by Crippen LogP contribution is -2.51. The van der Waals surface area contributed by atoms with E-state index in [1.165, 1.54) is 64.6 Å². The molecule has 0 aromatic heterocycles. The monoisotopic (exact) mass is 293 g/mol. The Labute approximate surface area is 129 Å². The van der Waals surface area contributed by atoms with Crippen LogP contribution < -0.4 is 5.32 Å². The molecule has 1 atom stereocenters. The van der Waals surface area contributed by atoms with Crippen molar-refractivity contribution in [1.82, 2.24) is 15.1 Å². The Morgan fingerprint density at radius 1 is 0.952 bits per heavy atom. The highest BCUT2D eigenvalue weighted by atomic mass is 16.2. The van der Waals surface area contributed by atoms with Crippen molar-refractivity contribution in [3.05, 3.63) is 0 Å². The summed E-state index contributed by atoms with van der Waals surface area (Å²) in [5, 5.41) is 3.31. The van der Waals surface area contributed by atoms with Crippen LogP contribution in [0.2, 0.25) is 0 Å². The number of carbonyl (C=O) groups excluding carboxylic acids is 1. The van der Waals surface area contributed by atoms with Crippen LogP contribution in [0.1, 0.15) is 51.4 Å². The molecule has 1 amide bonds. The molecule has 2 heterocycles. The largest absolute Gasteiger partial charge is 0.353 e. The van der Waals surface area contributed by atoms with E-state index in [2.05, 4.69) is 22.2 Å². The van der Waals surface area contributed by atoms with Crippen molar-refractivity contribution in [2.24, 2.45) is 5.92 Å². The standard InChI is InChI=1S/C17H31N3O/c1-19-11-8-16(9-12-19)20-10-4-5-14(13-20)17(21)18-15-6-2-3-7-15/h14-16H,2-13H2,1H3,(H,18,21)/t14-/m1/s1. The molecule has 0 aromatic rings. The summed E-state index contributed by atoms with van der Waals surface area (Å²) in [4.78, 5) is 17.5. The number of nitrogens with one attached hydrogen (secondary N) is 1. The second-order valence-electron chi connectivity index (χ2n) is 7.36. The summed E-state index contributed by atoms with van der Waals surface area (Å²) in [7, 11) is 2.21. The summed E-state index contributed by atoms with van der Waals surface area (Å²) in [5.74, 6) is 0.568. The van der Waals surface area contributed by atoms with Gasteiger partial charge in [0.05, 0.1) is 5.92 Å². The van der Waals surface area contributed by atoms with Crippen LogP contribution >= 0.6 is 0 Å².